The molecular weight excluding hydrogens is 281 g/mol. The molecule has 78 valence electrons. The first-order valence-electron chi connectivity index (χ1n) is 3.52. The molecule has 2 nitrogen and oxygen atoms in total. The quantitative estimate of drug-likeness (QED) is 0.475. The molecule has 0 aromatic carbocycles. The van der Waals surface area contributed by atoms with Crippen LogP contribution in [0.2, 0.25) is 0 Å². The summed E-state index contributed by atoms with van der Waals surface area (Å²) >= 11 is 4.14. The van der Waals surface area contributed by atoms with E-state index in [1.165, 1.54) is 0 Å². The van der Waals surface area contributed by atoms with Crippen molar-refractivity contribution in [3.8, 4) is 0 Å². The Bertz CT molecular complexity index is 307. The van der Waals surface area contributed by atoms with E-state index in [0.717, 1.165) is 17.8 Å². The number of alkyl halides is 4. The molecule has 14 heavy (non-hydrogen) atoms. The number of rotatable bonds is 2. The lowest BCUT2D eigenvalue weighted by Crippen LogP contribution is -2.10. The number of hydrogen-bond acceptors (Lipinski definition) is 3. The van der Waals surface area contributed by atoms with Gasteiger partial charge in [-0.3, -0.25) is 0 Å². The van der Waals surface area contributed by atoms with Crippen LogP contribution in [0, 0.1) is 0 Å². The van der Waals surface area contributed by atoms with Gasteiger partial charge in [0.05, 0.1) is 5.69 Å². The maximum absolute atomic E-state index is 12.3. The third kappa shape index (κ3) is 2.84. The van der Waals surface area contributed by atoms with Gasteiger partial charge in [0.15, 0.2) is 5.16 Å². The van der Waals surface area contributed by atoms with Gasteiger partial charge in [-0.15, -0.1) is 0 Å². The molecule has 1 heterocycles. The summed E-state index contributed by atoms with van der Waals surface area (Å²) in [5, 5.41) is 0.417. The number of aromatic nitrogens is 2. The van der Waals surface area contributed by atoms with Crippen LogP contribution < -0.4 is 0 Å². The summed E-state index contributed by atoms with van der Waals surface area (Å²) in [7, 11) is 0. The Morgan fingerprint density at radius 2 is 2.07 bits per heavy atom. The van der Waals surface area contributed by atoms with E-state index in [4.69, 9.17) is 0 Å². The van der Waals surface area contributed by atoms with Gasteiger partial charge in [0.2, 0.25) is 0 Å². The fraction of sp³-hybridized carbons (Fsp3) is 0.429. The molecule has 0 radical (unpaired) electrons. The maximum atomic E-state index is 12.3. The molecule has 0 bridgehead atoms. The van der Waals surface area contributed by atoms with Gasteiger partial charge in [0.25, 0.3) is 0 Å². The van der Waals surface area contributed by atoms with E-state index in [0.29, 0.717) is 5.69 Å². The molecule has 0 amide bonds. The summed E-state index contributed by atoms with van der Waals surface area (Å²) in [6.07, 6.45) is -2.78. The van der Waals surface area contributed by atoms with Gasteiger partial charge in [0, 0.05) is 5.33 Å². The fourth-order valence-electron chi connectivity index (χ4n) is 0.778. The molecule has 1 aromatic rings. The molecule has 0 N–H and O–H groups in total. The lowest BCUT2D eigenvalue weighted by molar-refractivity contribution is -0.141. The van der Waals surface area contributed by atoms with Crippen molar-refractivity contribution in [1.29, 1.82) is 0 Å². The Morgan fingerprint density at radius 3 is 2.50 bits per heavy atom. The summed E-state index contributed by atoms with van der Waals surface area (Å²) in [6.45, 7) is 0. The first kappa shape index (κ1) is 11.8. The maximum Gasteiger partial charge on any atom is 0.433 e. The highest BCUT2D eigenvalue weighted by Crippen LogP contribution is 2.29. The highest BCUT2D eigenvalue weighted by molar-refractivity contribution is 9.08. The minimum absolute atomic E-state index is 0.134. The van der Waals surface area contributed by atoms with E-state index < -0.39 is 11.9 Å². The smallest absolute Gasteiger partial charge is 0.227 e. The number of nitrogens with zero attached hydrogens (tertiary/aromatic N) is 2. The standard InChI is InChI=1S/C7H6BrF3N2S/c1-14-6-12-4(3-8)2-5(13-6)7(9,10)11/h2H,3H2,1H3. The van der Waals surface area contributed by atoms with Crippen molar-refractivity contribution >= 4 is 27.7 Å². The van der Waals surface area contributed by atoms with E-state index in [9.17, 15) is 13.2 Å². The summed E-state index contributed by atoms with van der Waals surface area (Å²) in [5.41, 5.74) is -0.567. The van der Waals surface area contributed by atoms with Crippen LogP contribution in [0.15, 0.2) is 11.2 Å². The van der Waals surface area contributed by atoms with Gasteiger partial charge in [-0.1, -0.05) is 27.7 Å². The highest BCUT2D eigenvalue weighted by Gasteiger charge is 2.33. The second-order valence-corrected chi connectivity index (χ2v) is 3.70. The van der Waals surface area contributed by atoms with Crippen LogP contribution in [0.5, 0.6) is 0 Å². The second-order valence-electron chi connectivity index (χ2n) is 2.36. The first-order chi connectivity index (χ1) is 6.47. The van der Waals surface area contributed by atoms with E-state index in [1.54, 1.807) is 6.26 Å². The van der Waals surface area contributed by atoms with Gasteiger partial charge in [-0.2, -0.15) is 13.2 Å². The Hall–Kier alpha value is -0.300. The molecule has 1 aromatic heterocycles. The second kappa shape index (κ2) is 4.48. The SMILES string of the molecule is CSc1nc(CBr)cc(C(F)(F)F)n1. The summed E-state index contributed by atoms with van der Waals surface area (Å²) < 4.78 is 36.9. The molecule has 0 aliphatic carbocycles. The van der Waals surface area contributed by atoms with Crippen molar-refractivity contribution in [3.63, 3.8) is 0 Å². The Balaban J connectivity index is 3.17. The summed E-state index contributed by atoms with van der Waals surface area (Å²) in [4.78, 5) is 7.27. The molecule has 0 aliphatic rings. The highest BCUT2D eigenvalue weighted by atomic mass is 79.9. The Kier molecular flexibility index (Phi) is 3.77. The minimum atomic E-state index is -4.41. The molecule has 0 aliphatic heterocycles. The molecule has 0 saturated carbocycles. The molecule has 1 rings (SSSR count). The molecular formula is C7H6BrF3N2S. The molecule has 0 unspecified atom stereocenters. The van der Waals surface area contributed by atoms with Crippen LogP contribution in [-0.4, -0.2) is 16.2 Å². The summed E-state index contributed by atoms with van der Waals surface area (Å²) in [5.74, 6) is 0. The van der Waals surface area contributed by atoms with Gasteiger partial charge < -0.3 is 0 Å². The average Bonchev–Trinajstić information content (AvgIpc) is 2.15. The average molecular weight is 287 g/mol. The molecule has 0 spiro atoms. The number of halogens is 4. The third-order valence-electron chi connectivity index (χ3n) is 1.37. The van der Waals surface area contributed by atoms with Crippen LogP contribution in [0.3, 0.4) is 0 Å². The van der Waals surface area contributed by atoms with Crippen LogP contribution in [0.4, 0.5) is 13.2 Å². The van der Waals surface area contributed by atoms with Crippen molar-refractivity contribution in [3.05, 3.63) is 17.5 Å². The fourth-order valence-corrected chi connectivity index (χ4v) is 1.46. The van der Waals surface area contributed by atoms with Crippen molar-refractivity contribution in [1.82, 2.24) is 9.97 Å². The first-order valence-corrected chi connectivity index (χ1v) is 5.87. The van der Waals surface area contributed by atoms with Crippen molar-refractivity contribution < 1.29 is 13.2 Å². The van der Waals surface area contributed by atoms with Crippen LogP contribution in [0.1, 0.15) is 11.4 Å². The third-order valence-corrected chi connectivity index (χ3v) is 2.49. The van der Waals surface area contributed by atoms with Gasteiger partial charge in [0.1, 0.15) is 5.69 Å². The molecule has 0 saturated heterocycles. The topological polar surface area (TPSA) is 25.8 Å². The monoisotopic (exact) mass is 286 g/mol. The predicted octanol–water partition coefficient (Wildman–Crippen LogP) is 3.11. The zero-order valence-electron chi connectivity index (χ0n) is 7.10. The zero-order valence-corrected chi connectivity index (χ0v) is 9.50. The number of thioether (sulfide) groups is 1. The minimum Gasteiger partial charge on any atom is -0.227 e. The Labute approximate surface area is 91.5 Å². The van der Waals surface area contributed by atoms with Crippen LogP contribution in [-0.2, 0) is 11.5 Å². The summed E-state index contributed by atoms with van der Waals surface area (Å²) in [6, 6.07) is 0.939. The lowest BCUT2D eigenvalue weighted by Gasteiger charge is -2.07. The van der Waals surface area contributed by atoms with E-state index in [-0.39, 0.29) is 10.5 Å². The zero-order chi connectivity index (χ0) is 10.8. The predicted molar refractivity (Wildman–Crippen MR) is 51.4 cm³/mol. The lowest BCUT2D eigenvalue weighted by atomic mass is 10.3. The van der Waals surface area contributed by atoms with Gasteiger partial charge in [-0.25, -0.2) is 9.97 Å². The molecule has 0 atom stereocenters. The van der Waals surface area contributed by atoms with Crippen molar-refractivity contribution in [2.24, 2.45) is 0 Å². The van der Waals surface area contributed by atoms with E-state index in [1.807, 2.05) is 0 Å². The Morgan fingerprint density at radius 1 is 1.43 bits per heavy atom. The van der Waals surface area contributed by atoms with Crippen LogP contribution >= 0.6 is 27.7 Å². The van der Waals surface area contributed by atoms with Crippen molar-refractivity contribution in [2.75, 3.05) is 6.26 Å². The molecule has 7 heteroatoms. The number of hydrogen-bond donors (Lipinski definition) is 0. The largest absolute Gasteiger partial charge is 0.433 e. The van der Waals surface area contributed by atoms with E-state index >= 15 is 0 Å². The van der Waals surface area contributed by atoms with Crippen molar-refractivity contribution in [2.45, 2.75) is 16.7 Å². The van der Waals surface area contributed by atoms with Gasteiger partial charge in [-0.05, 0) is 12.3 Å². The normalized spacial score (nSPS) is 11.8. The van der Waals surface area contributed by atoms with E-state index in [2.05, 4.69) is 25.9 Å². The van der Waals surface area contributed by atoms with Crippen LogP contribution in [0.25, 0.3) is 0 Å². The van der Waals surface area contributed by atoms with Gasteiger partial charge >= 0.3 is 6.18 Å². The molecule has 0 fully saturated rings.